The summed E-state index contributed by atoms with van der Waals surface area (Å²) in [5, 5.41) is 7.03. The van der Waals surface area contributed by atoms with Crippen LogP contribution in [-0.2, 0) is 13.1 Å². The van der Waals surface area contributed by atoms with Gasteiger partial charge < -0.3 is 10.6 Å². The second kappa shape index (κ2) is 5.85. The predicted molar refractivity (Wildman–Crippen MR) is 86.4 cm³/mol. The van der Waals surface area contributed by atoms with E-state index < -0.39 is 0 Å². The lowest BCUT2D eigenvalue weighted by Crippen LogP contribution is -2.12. The fourth-order valence-electron chi connectivity index (χ4n) is 2.25. The summed E-state index contributed by atoms with van der Waals surface area (Å²) in [6.07, 6.45) is 0. The molecule has 1 aliphatic heterocycles. The second-order valence-electron chi connectivity index (χ2n) is 4.79. The van der Waals surface area contributed by atoms with E-state index in [2.05, 4.69) is 10.6 Å². The molecule has 0 saturated heterocycles. The molecule has 21 heavy (non-hydrogen) atoms. The predicted octanol–water partition coefficient (Wildman–Crippen LogP) is 4.50. The molecule has 3 nitrogen and oxygen atoms in total. The molecule has 0 bridgehead atoms. The van der Waals surface area contributed by atoms with Crippen LogP contribution in [0.25, 0.3) is 0 Å². The summed E-state index contributed by atoms with van der Waals surface area (Å²) in [5.74, 6) is -0.231. The van der Waals surface area contributed by atoms with Gasteiger partial charge in [-0.2, -0.15) is 0 Å². The van der Waals surface area contributed by atoms with Gasteiger partial charge in [-0.15, -0.1) is 0 Å². The highest BCUT2D eigenvalue weighted by Crippen LogP contribution is 2.32. The maximum Gasteiger partial charge on any atom is 0.255 e. The van der Waals surface area contributed by atoms with Crippen LogP contribution in [0.3, 0.4) is 0 Å². The molecule has 2 aromatic rings. The summed E-state index contributed by atoms with van der Waals surface area (Å²) in [6.45, 7) is 1.62. The van der Waals surface area contributed by atoms with Crippen molar-refractivity contribution in [1.29, 1.82) is 0 Å². The Morgan fingerprint density at radius 1 is 0.952 bits per heavy atom. The molecule has 1 amide bonds. The largest absolute Gasteiger partial charge is 0.321 e. The highest BCUT2D eigenvalue weighted by atomic mass is 35.5. The molecule has 0 unspecified atom stereocenters. The van der Waals surface area contributed by atoms with E-state index in [1.54, 1.807) is 12.1 Å². The van der Waals surface area contributed by atoms with Crippen LogP contribution >= 0.6 is 34.8 Å². The van der Waals surface area contributed by atoms with Gasteiger partial charge in [0.05, 0.1) is 20.8 Å². The fourth-order valence-corrected chi connectivity index (χ4v) is 2.84. The van der Waals surface area contributed by atoms with Gasteiger partial charge in [-0.3, -0.25) is 4.79 Å². The maximum absolute atomic E-state index is 12.3. The summed E-state index contributed by atoms with van der Waals surface area (Å²) < 4.78 is 0. The molecule has 0 aromatic heterocycles. The van der Waals surface area contributed by atoms with Crippen molar-refractivity contribution in [2.45, 2.75) is 13.1 Å². The lowest BCUT2D eigenvalue weighted by atomic mass is 10.1. The van der Waals surface area contributed by atoms with Crippen molar-refractivity contribution in [1.82, 2.24) is 5.32 Å². The van der Waals surface area contributed by atoms with Crippen molar-refractivity contribution in [3.8, 4) is 0 Å². The van der Waals surface area contributed by atoms with E-state index in [1.165, 1.54) is 11.6 Å². The molecular weight excluding hydrogens is 331 g/mol. The third kappa shape index (κ3) is 3.01. The number of hydrogen-bond acceptors (Lipinski definition) is 2. The van der Waals surface area contributed by atoms with Gasteiger partial charge >= 0.3 is 0 Å². The maximum atomic E-state index is 12.3. The van der Waals surface area contributed by atoms with Crippen LogP contribution in [0.4, 0.5) is 5.69 Å². The summed E-state index contributed by atoms with van der Waals surface area (Å²) in [4.78, 5) is 12.3. The van der Waals surface area contributed by atoms with E-state index in [0.29, 0.717) is 26.3 Å². The molecule has 0 aliphatic carbocycles. The molecule has 108 valence electrons. The zero-order valence-corrected chi connectivity index (χ0v) is 13.1. The van der Waals surface area contributed by atoms with E-state index in [1.807, 2.05) is 12.1 Å². The number of hydrogen-bond donors (Lipinski definition) is 2. The molecule has 2 aromatic carbocycles. The average Bonchev–Trinajstić information content (AvgIpc) is 2.92. The molecular formula is C15H11Cl3N2O. The Bertz CT molecular complexity index is 731. The number of amides is 1. The van der Waals surface area contributed by atoms with Crippen LogP contribution in [0.2, 0.25) is 15.1 Å². The average molecular weight is 342 g/mol. The molecule has 0 saturated carbocycles. The van der Waals surface area contributed by atoms with E-state index in [-0.39, 0.29) is 5.91 Å². The molecule has 0 fully saturated rings. The smallest absolute Gasteiger partial charge is 0.255 e. The molecule has 1 heterocycles. The lowest BCUT2D eigenvalue weighted by Gasteiger charge is -2.09. The standard InChI is InChI=1S/C15H11Cl3N2O/c16-11-4-13(18)14(5-12(11)17)20-15(21)8-1-2-9-6-19-7-10(9)3-8/h1-5,19H,6-7H2,(H,20,21). The van der Waals surface area contributed by atoms with Crippen LogP contribution in [0, 0.1) is 0 Å². The van der Waals surface area contributed by atoms with Gasteiger partial charge in [-0.1, -0.05) is 40.9 Å². The quantitative estimate of drug-likeness (QED) is 0.790. The number of fused-ring (bicyclic) bond motifs is 1. The van der Waals surface area contributed by atoms with Crippen molar-refractivity contribution in [2.75, 3.05) is 5.32 Å². The summed E-state index contributed by atoms with van der Waals surface area (Å²) in [5.41, 5.74) is 3.39. The minimum atomic E-state index is -0.231. The van der Waals surface area contributed by atoms with Gasteiger partial charge in [-0.25, -0.2) is 0 Å². The number of carbonyl (C=O) groups excluding carboxylic acids is 1. The van der Waals surface area contributed by atoms with Crippen LogP contribution in [0.1, 0.15) is 21.5 Å². The van der Waals surface area contributed by atoms with Crippen molar-refractivity contribution in [3.63, 3.8) is 0 Å². The number of halogens is 3. The minimum absolute atomic E-state index is 0.231. The Morgan fingerprint density at radius 2 is 1.67 bits per heavy atom. The van der Waals surface area contributed by atoms with Crippen LogP contribution < -0.4 is 10.6 Å². The monoisotopic (exact) mass is 340 g/mol. The Balaban J connectivity index is 1.85. The number of benzene rings is 2. The Labute approximate surface area is 137 Å². The normalized spacial score (nSPS) is 13.1. The number of anilines is 1. The van der Waals surface area contributed by atoms with Gasteiger partial charge in [0.25, 0.3) is 5.91 Å². The Hall–Kier alpha value is -1.26. The van der Waals surface area contributed by atoms with Gasteiger partial charge in [0.2, 0.25) is 0 Å². The highest BCUT2D eigenvalue weighted by molar-refractivity contribution is 6.44. The molecule has 0 spiro atoms. The Kier molecular flexibility index (Phi) is 4.09. The zero-order valence-electron chi connectivity index (χ0n) is 10.8. The molecule has 2 N–H and O–H groups in total. The van der Waals surface area contributed by atoms with Crippen molar-refractivity contribution < 1.29 is 4.79 Å². The first kappa shape index (κ1) is 14.7. The van der Waals surface area contributed by atoms with Crippen molar-refractivity contribution in [3.05, 3.63) is 62.1 Å². The van der Waals surface area contributed by atoms with E-state index in [4.69, 9.17) is 34.8 Å². The molecule has 0 atom stereocenters. The fraction of sp³-hybridized carbons (Fsp3) is 0.133. The van der Waals surface area contributed by atoms with Gasteiger partial charge in [0.15, 0.2) is 0 Å². The summed E-state index contributed by atoms with van der Waals surface area (Å²) in [6, 6.07) is 8.69. The van der Waals surface area contributed by atoms with Crippen LogP contribution in [-0.4, -0.2) is 5.91 Å². The first-order valence-corrected chi connectivity index (χ1v) is 7.46. The Morgan fingerprint density at radius 3 is 2.48 bits per heavy atom. The third-order valence-electron chi connectivity index (χ3n) is 3.36. The summed E-state index contributed by atoms with van der Waals surface area (Å²) >= 11 is 17.9. The van der Waals surface area contributed by atoms with Crippen molar-refractivity contribution >= 4 is 46.4 Å². The molecule has 6 heteroatoms. The lowest BCUT2D eigenvalue weighted by molar-refractivity contribution is 0.102. The highest BCUT2D eigenvalue weighted by Gasteiger charge is 2.15. The van der Waals surface area contributed by atoms with Gasteiger partial charge in [0, 0.05) is 18.7 Å². The van der Waals surface area contributed by atoms with Crippen LogP contribution in [0.5, 0.6) is 0 Å². The summed E-state index contributed by atoms with van der Waals surface area (Å²) in [7, 11) is 0. The first-order chi connectivity index (χ1) is 10.0. The van der Waals surface area contributed by atoms with Gasteiger partial charge in [0.1, 0.15) is 0 Å². The third-order valence-corrected chi connectivity index (χ3v) is 4.39. The van der Waals surface area contributed by atoms with E-state index in [0.717, 1.165) is 18.7 Å². The minimum Gasteiger partial charge on any atom is -0.321 e. The van der Waals surface area contributed by atoms with E-state index in [9.17, 15) is 4.79 Å². The zero-order chi connectivity index (χ0) is 15.0. The molecule has 0 radical (unpaired) electrons. The van der Waals surface area contributed by atoms with Crippen molar-refractivity contribution in [2.24, 2.45) is 0 Å². The number of nitrogens with one attached hydrogen (secondary N) is 2. The second-order valence-corrected chi connectivity index (χ2v) is 6.01. The SMILES string of the molecule is O=C(Nc1cc(Cl)c(Cl)cc1Cl)c1ccc2c(c1)CNC2. The molecule has 1 aliphatic rings. The molecule has 3 rings (SSSR count). The van der Waals surface area contributed by atoms with E-state index >= 15 is 0 Å². The number of rotatable bonds is 2. The number of carbonyl (C=O) groups is 1. The van der Waals surface area contributed by atoms with Gasteiger partial charge in [-0.05, 0) is 35.4 Å². The van der Waals surface area contributed by atoms with Crippen LogP contribution in [0.15, 0.2) is 30.3 Å². The topological polar surface area (TPSA) is 41.1 Å². The first-order valence-electron chi connectivity index (χ1n) is 6.33.